The zero-order valence-electron chi connectivity index (χ0n) is 18.3. The highest BCUT2D eigenvalue weighted by Crippen LogP contribution is 2.45. The van der Waals surface area contributed by atoms with Crippen LogP contribution >= 0.6 is 0 Å². The number of methoxy groups -OCH3 is 2. The van der Waals surface area contributed by atoms with E-state index >= 15 is 0 Å². The van der Waals surface area contributed by atoms with Crippen molar-refractivity contribution in [2.75, 3.05) is 19.1 Å². The van der Waals surface area contributed by atoms with Crippen LogP contribution in [0.5, 0.6) is 11.5 Å². The van der Waals surface area contributed by atoms with E-state index in [1.807, 2.05) is 25.1 Å². The number of amides is 1. The molecule has 1 aromatic carbocycles. The number of fused-ring (bicyclic) bond motifs is 1. The third-order valence-corrected chi connectivity index (χ3v) is 5.46. The van der Waals surface area contributed by atoms with Crippen LogP contribution in [0.25, 0.3) is 11.6 Å². The first kappa shape index (κ1) is 20.5. The summed E-state index contributed by atoms with van der Waals surface area (Å²) < 4.78 is 10.9. The van der Waals surface area contributed by atoms with Gasteiger partial charge in [0.1, 0.15) is 5.82 Å². The van der Waals surface area contributed by atoms with Crippen molar-refractivity contribution in [3.63, 3.8) is 0 Å². The first-order valence-corrected chi connectivity index (χ1v) is 10.2. The standard InChI is InChI=1S/C24H20N6O3/c1-14-5-6-15(13-28-14)21-16-11-18(32-2)19(33-3)12-17(16)24(31)30(21)20-7-10-27-23(29-20)22-25-8-4-9-26-22/h4-13,21H,1-3H3/t21-/m1/s1. The maximum atomic E-state index is 13.7. The first-order valence-electron chi connectivity index (χ1n) is 10.2. The lowest BCUT2D eigenvalue weighted by molar-refractivity contribution is 0.0992. The zero-order valence-corrected chi connectivity index (χ0v) is 18.3. The largest absolute Gasteiger partial charge is 0.493 e. The van der Waals surface area contributed by atoms with Crippen LogP contribution in [0.2, 0.25) is 0 Å². The molecular formula is C24H20N6O3. The molecule has 164 valence electrons. The smallest absolute Gasteiger partial charge is 0.260 e. The molecule has 5 rings (SSSR count). The molecule has 0 bridgehead atoms. The molecule has 9 heteroatoms. The fourth-order valence-corrected chi connectivity index (χ4v) is 3.90. The van der Waals surface area contributed by atoms with Crippen molar-refractivity contribution >= 4 is 11.7 Å². The molecular weight excluding hydrogens is 420 g/mol. The highest BCUT2D eigenvalue weighted by atomic mass is 16.5. The molecule has 0 unspecified atom stereocenters. The van der Waals surface area contributed by atoms with Gasteiger partial charge in [0, 0.05) is 36.0 Å². The van der Waals surface area contributed by atoms with Crippen molar-refractivity contribution in [1.82, 2.24) is 24.9 Å². The fraction of sp³-hybridized carbons (Fsp3) is 0.167. The summed E-state index contributed by atoms with van der Waals surface area (Å²) in [7, 11) is 3.11. The van der Waals surface area contributed by atoms with Gasteiger partial charge in [0.05, 0.1) is 20.3 Å². The first-order chi connectivity index (χ1) is 16.1. The Morgan fingerprint density at radius 2 is 1.61 bits per heavy atom. The van der Waals surface area contributed by atoms with E-state index in [2.05, 4.69) is 24.9 Å². The van der Waals surface area contributed by atoms with Crippen LogP contribution in [0.1, 0.15) is 33.2 Å². The average Bonchev–Trinajstić information content (AvgIpc) is 3.15. The van der Waals surface area contributed by atoms with Crippen molar-refractivity contribution < 1.29 is 14.3 Å². The average molecular weight is 440 g/mol. The van der Waals surface area contributed by atoms with Crippen molar-refractivity contribution in [3.8, 4) is 23.1 Å². The van der Waals surface area contributed by atoms with Crippen molar-refractivity contribution in [2.24, 2.45) is 0 Å². The van der Waals surface area contributed by atoms with Gasteiger partial charge >= 0.3 is 0 Å². The number of nitrogens with zero attached hydrogens (tertiary/aromatic N) is 6. The number of ether oxygens (including phenoxy) is 2. The molecule has 33 heavy (non-hydrogen) atoms. The quantitative estimate of drug-likeness (QED) is 0.465. The van der Waals surface area contributed by atoms with Crippen LogP contribution in [-0.4, -0.2) is 45.0 Å². The molecule has 1 atom stereocenters. The van der Waals surface area contributed by atoms with E-state index in [1.165, 1.54) is 0 Å². The van der Waals surface area contributed by atoms with E-state index in [4.69, 9.17) is 9.47 Å². The van der Waals surface area contributed by atoms with Crippen LogP contribution < -0.4 is 14.4 Å². The number of pyridine rings is 1. The third-order valence-electron chi connectivity index (χ3n) is 5.46. The number of aryl methyl sites for hydroxylation is 1. The second-order valence-corrected chi connectivity index (χ2v) is 7.42. The van der Waals surface area contributed by atoms with E-state index in [0.717, 1.165) is 16.8 Å². The van der Waals surface area contributed by atoms with Gasteiger partial charge in [-0.15, -0.1) is 0 Å². The maximum absolute atomic E-state index is 13.7. The van der Waals surface area contributed by atoms with Crippen LogP contribution in [0.3, 0.4) is 0 Å². The summed E-state index contributed by atoms with van der Waals surface area (Å²) in [5.41, 5.74) is 3.01. The van der Waals surface area contributed by atoms with Gasteiger partial charge in [-0.25, -0.2) is 19.9 Å². The lowest BCUT2D eigenvalue weighted by Gasteiger charge is -2.25. The van der Waals surface area contributed by atoms with Crippen molar-refractivity contribution in [3.05, 3.63) is 83.6 Å². The number of carbonyl (C=O) groups excluding carboxylic acids is 1. The van der Waals surface area contributed by atoms with Gasteiger partial charge in [-0.2, -0.15) is 0 Å². The van der Waals surface area contributed by atoms with Gasteiger partial charge in [0.25, 0.3) is 5.91 Å². The third kappa shape index (κ3) is 3.53. The molecule has 1 amide bonds. The molecule has 4 heterocycles. The second-order valence-electron chi connectivity index (χ2n) is 7.42. The summed E-state index contributed by atoms with van der Waals surface area (Å²) in [6.45, 7) is 1.92. The molecule has 1 aliphatic heterocycles. The topological polar surface area (TPSA) is 103 Å². The van der Waals surface area contributed by atoms with Crippen LogP contribution in [0, 0.1) is 6.92 Å². The summed E-state index contributed by atoms with van der Waals surface area (Å²) in [4.78, 5) is 37.1. The Labute approximate surface area is 190 Å². The van der Waals surface area contributed by atoms with E-state index < -0.39 is 6.04 Å². The molecule has 3 aromatic heterocycles. The molecule has 0 radical (unpaired) electrons. The van der Waals surface area contributed by atoms with Crippen LogP contribution in [0.4, 0.5) is 5.82 Å². The predicted molar refractivity (Wildman–Crippen MR) is 120 cm³/mol. The predicted octanol–water partition coefficient (Wildman–Crippen LogP) is 3.40. The number of rotatable bonds is 5. The van der Waals surface area contributed by atoms with Gasteiger partial charge in [0.2, 0.25) is 0 Å². The monoisotopic (exact) mass is 440 g/mol. The summed E-state index contributed by atoms with van der Waals surface area (Å²) >= 11 is 0. The molecule has 0 saturated heterocycles. The Kier molecular flexibility index (Phi) is 5.14. The number of carbonyl (C=O) groups is 1. The lowest BCUT2D eigenvalue weighted by atomic mass is 9.98. The second kappa shape index (κ2) is 8.27. The van der Waals surface area contributed by atoms with Gasteiger partial charge in [0.15, 0.2) is 23.1 Å². The Balaban J connectivity index is 1.69. The molecule has 0 N–H and O–H groups in total. The Bertz CT molecular complexity index is 1330. The number of hydrogen-bond acceptors (Lipinski definition) is 8. The minimum absolute atomic E-state index is 0.213. The van der Waals surface area contributed by atoms with E-state index in [9.17, 15) is 4.79 Å². The zero-order chi connectivity index (χ0) is 22.9. The van der Waals surface area contributed by atoms with Gasteiger partial charge in [-0.3, -0.25) is 14.7 Å². The molecule has 0 aliphatic carbocycles. The highest BCUT2D eigenvalue weighted by molar-refractivity contribution is 6.11. The normalized spacial score (nSPS) is 14.8. The fourth-order valence-electron chi connectivity index (χ4n) is 3.90. The Morgan fingerprint density at radius 3 is 2.30 bits per heavy atom. The van der Waals surface area contributed by atoms with Gasteiger partial charge in [-0.1, -0.05) is 6.07 Å². The molecule has 0 saturated carbocycles. The van der Waals surface area contributed by atoms with Gasteiger partial charge in [-0.05, 0) is 48.4 Å². The van der Waals surface area contributed by atoms with E-state index in [1.54, 1.807) is 62.1 Å². The lowest BCUT2D eigenvalue weighted by Crippen LogP contribution is -2.29. The number of anilines is 1. The van der Waals surface area contributed by atoms with Crippen LogP contribution in [0.15, 0.2) is 61.2 Å². The Hall–Kier alpha value is -4.40. The number of aromatic nitrogens is 5. The minimum Gasteiger partial charge on any atom is -0.493 e. The highest BCUT2D eigenvalue weighted by Gasteiger charge is 2.41. The van der Waals surface area contributed by atoms with Gasteiger partial charge < -0.3 is 9.47 Å². The molecule has 9 nitrogen and oxygen atoms in total. The maximum Gasteiger partial charge on any atom is 0.260 e. The van der Waals surface area contributed by atoms with E-state index in [-0.39, 0.29) is 5.91 Å². The van der Waals surface area contributed by atoms with Crippen molar-refractivity contribution in [2.45, 2.75) is 13.0 Å². The summed E-state index contributed by atoms with van der Waals surface area (Å²) in [6.07, 6.45) is 6.60. The summed E-state index contributed by atoms with van der Waals surface area (Å²) in [6, 6.07) is 10.4. The van der Waals surface area contributed by atoms with Crippen molar-refractivity contribution in [1.29, 1.82) is 0 Å². The number of benzene rings is 1. The Morgan fingerprint density at radius 1 is 0.879 bits per heavy atom. The molecule has 0 spiro atoms. The SMILES string of the molecule is COc1cc2c(cc1OC)[C@@H](c1ccc(C)nc1)N(c1ccnc(-c3ncccn3)n1)C2=O. The van der Waals surface area contributed by atoms with Crippen LogP contribution in [-0.2, 0) is 0 Å². The molecule has 1 aliphatic rings. The minimum atomic E-state index is -0.458. The molecule has 4 aromatic rings. The number of hydrogen-bond donors (Lipinski definition) is 0. The van der Waals surface area contributed by atoms with E-state index in [0.29, 0.717) is 34.5 Å². The summed E-state index contributed by atoms with van der Waals surface area (Å²) in [5.74, 6) is 1.94. The summed E-state index contributed by atoms with van der Waals surface area (Å²) in [5, 5.41) is 0. The molecule has 0 fully saturated rings.